The Kier molecular flexibility index (Phi) is 46.4. The molecule has 0 fully saturated rings. The van der Waals surface area contributed by atoms with Crippen LogP contribution >= 0.6 is 0 Å². The van der Waals surface area contributed by atoms with E-state index in [2.05, 4.69) is 57.2 Å². The molecule has 0 aromatic rings. The fourth-order valence-corrected chi connectivity index (χ4v) is 7.38. The number of hydrogen-bond donors (Lipinski definition) is 0. The Labute approximate surface area is 365 Å². The first-order valence-electron chi connectivity index (χ1n) is 25.5. The largest absolute Gasteiger partial charge is 0.462 e. The Morgan fingerprint density at radius 3 is 1.02 bits per heavy atom. The van der Waals surface area contributed by atoms with Crippen molar-refractivity contribution in [2.75, 3.05) is 13.2 Å². The standard InChI is InChI=1S/C53H96O6/c1-4-7-10-13-16-19-22-25-26-29-31-34-37-40-43-46-52(55)58-49-50(59-53(56)47-44-41-38-35-32-28-24-21-18-15-12-9-6-3)48-57-51(54)45-42-39-36-33-30-27-23-20-17-14-11-8-5-2/h9,12,15,18,21,24,50H,4-8,10-11,13-14,16-17,19-20,22-23,25-49H2,1-3H3/b12-9+,18-15+,24-21+. The molecule has 1 atom stereocenters. The SMILES string of the molecule is CC/C=C/C=C/C=C/CCCCCCCC(=O)OC(COC(=O)CCCCCCCCCCCCCCC)COC(=O)CCCCCCCCCCCCCCCCC. The summed E-state index contributed by atoms with van der Waals surface area (Å²) in [5.41, 5.74) is 0. The molecule has 0 aromatic carbocycles. The molecule has 0 aliphatic heterocycles. The summed E-state index contributed by atoms with van der Waals surface area (Å²) in [6.07, 6.45) is 55.5. The monoisotopic (exact) mass is 829 g/mol. The van der Waals surface area contributed by atoms with Gasteiger partial charge in [-0.1, -0.05) is 243 Å². The number of hydrogen-bond acceptors (Lipinski definition) is 6. The predicted octanol–water partition coefficient (Wildman–Crippen LogP) is 16.5. The number of carbonyl (C=O) groups excluding carboxylic acids is 3. The maximum Gasteiger partial charge on any atom is 0.306 e. The fraction of sp³-hybridized carbons (Fsp3) is 0.830. The van der Waals surface area contributed by atoms with Gasteiger partial charge in [-0.05, 0) is 38.5 Å². The molecule has 0 N–H and O–H groups in total. The number of unbranched alkanes of at least 4 members (excludes halogenated alkanes) is 31. The van der Waals surface area contributed by atoms with E-state index in [1.54, 1.807) is 0 Å². The van der Waals surface area contributed by atoms with Gasteiger partial charge in [0.05, 0.1) is 0 Å². The second kappa shape index (κ2) is 48.3. The minimum Gasteiger partial charge on any atom is -0.462 e. The number of carbonyl (C=O) groups is 3. The van der Waals surface area contributed by atoms with Crippen molar-refractivity contribution >= 4 is 17.9 Å². The molecule has 0 heterocycles. The van der Waals surface area contributed by atoms with E-state index in [1.807, 2.05) is 0 Å². The summed E-state index contributed by atoms with van der Waals surface area (Å²) in [5, 5.41) is 0. The number of esters is 3. The van der Waals surface area contributed by atoms with Crippen molar-refractivity contribution in [2.45, 2.75) is 271 Å². The molecule has 0 saturated carbocycles. The minimum atomic E-state index is -0.776. The van der Waals surface area contributed by atoms with Crippen LogP contribution in [0.5, 0.6) is 0 Å². The maximum atomic E-state index is 12.8. The molecule has 1 unspecified atom stereocenters. The van der Waals surface area contributed by atoms with Crippen molar-refractivity contribution < 1.29 is 28.6 Å². The molecule has 0 aliphatic rings. The summed E-state index contributed by atoms with van der Waals surface area (Å²) in [6.45, 7) is 6.51. The third-order valence-corrected chi connectivity index (χ3v) is 11.2. The van der Waals surface area contributed by atoms with E-state index in [4.69, 9.17) is 14.2 Å². The van der Waals surface area contributed by atoms with Crippen molar-refractivity contribution in [3.8, 4) is 0 Å². The molecule has 0 rings (SSSR count). The molecule has 6 nitrogen and oxygen atoms in total. The lowest BCUT2D eigenvalue weighted by Gasteiger charge is -2.18. The average molecular weight is 829 g/mol. The van der Waals surface area contributed by atoms with Gasteiger partial charge in [-0.25, -0.2) is 0 Å². The van der Waals surface area contributed by atoms with E-state index in [-0.39, 0.29) is 31.1 Å². The Morgan fingerprint density at radius 2 is 0.661 bits per heavy atom. The van der Waals surface area contributed by atoms with Gasteiger partial charge in [0, 0.05) is 19.3 Å². The van der Waals surface area contributed by atoms with Crippen LogP contribution in [-0.2, 0) is 28.6 Å². The normalized spacial score (nSPS) is 12.3. The molecule has 0 aliphatic carbocycles. The fourth-order valence-electron chi connectivity index (χ4n) is 7.38. The predicted molar refractivity (Wildman–Crippen MR) is 252 cm³/mol. The molecule has 0 saturated heterocycles. The van der Waals surface area contributed by atoms with E-state index >= 15 is 0 Å². The maximum absolute atomic E-state index is 12.8. The number of ether oxygens (including phenoxy) is 3. The van der Waals surface area contributed by atoms with Gasteiger partial charge in [-0.15, -0.1) is 0 Å². The van der Waals surface area contributed by atoms with Crippen molar-refractivity contribution in [1.82, 2.24) is 0 Å². The van der Waals surface area contributed by atoms with E-state index in [9.17, 15) is 14.4 Å². The number of rotatable bonds is 46. The van der Waals surface area contributed by atoms with Gasteiger partial charge in [0.15, 0.2) is 6.10 Å². The second-order valence-corrected chi connectivity index (χ2v) is 17.1. The van der Waals surface area contributed by atoms with Crippen molar-refractivity contribution in [3.63, 3.8) is 0 Å². The van der Waals surface area contributed by atoms with Gasteiger partial charge in [-0.2, -0.15) is 0 Å². The van der Waals surface area contributed by atoms with Gasteiger partial charge >= 0.3 is 17.9 Å². The summed E-state index contributed by atoms with van der Waals surface area (Å²) in [6, 6.07) is 0. The van der Waals surface area contributed by atoms with Crippen LogP contribution in [0.4, 0.5) is 0 Å². The van der Waals surface area contributed by atoms with Crippen LogP contribution in [0.15, 0.2) is 36.5 Å². The van der Waals surface area contributed by atoms with Crippen LogP contribution < -0.4 is 0 Å². The summed E-state index contributed by atoms with van der Waals surface area (Å²) in [5.74, 6) is -0.886. The van der Waals surface area contributed by atoms with Gasteiger partial charge in [0.1, 0.15) is 13.2 Å². The summed E-state index contributed by atoms with van der Waals surface area (Å²) < 4.78 is 16.8. The minimum absolute atomic E-state index is 0.0765. The van der Waals surface area contributed by atoms with E-state index < -0.39 is 6.10 Å². The van der Waals surface area contributed by atoms with Crippen LogP contribution in [0.1, 0.15) is 265 Å². The quantitative estimate of drug-likeness (QED) is 0.0263. The lowest BCUT2D eigenvalue weighted by molar-refractivity contribution is -0.167. The highest BCUT2D eigenvalue weighted by Gasteiger charge is 2.19. The van der Waals surface area contributed by atoms with Crippen LogP contribution in [0.3, 0.4) is 0 Å². The number of allylic oxidation sites excluding steroid dienone is 6. The zero-order valence-electron chi connectivity index (χ0n) is 39.3. The third-order valence-electron chi connectivity index (χ3n) is 11.2. The summed E-state index contributed by atoms with van der Waals surface area (Å²) in [4.78, 5) is 37.9. The first kappa shape index (κ1) is 56.6. The lowest BCUT2D eigenvalue weighted by atomic mass is 10.0. The average Bonchev–Trinajstić information content (AvgIpc) is 3.23. The Morgan fingerprint density at radius 1 is 0.356 bits per heavy atom. The highest BCUT2D eigenvalue weighted by Crippen LogP contribution is 2.16. The summed E-state index contributed by atoms with van der Waals surface area (Å²) >= 11 is 0. The smallest absolute Gasteiger partial charge is 0.306 e. The Balaban J connectivity index is 4.36. The first-order chi connectivity index (χ1) is 29.0. The van der Waals surface area contributed by atoms with Crippen molar-refractivity contribution in [1.29, 1.82) is 0 Å². The highest BCUT2D eigenvalue weighted by atomic mass is 16.6. The zero-order chi connectivity index (χ0) is 43.0. The van der Waals surface area contributed by atoms with Crippen LogP contribution in [0, 0.1) is 0 Å². The molecule has 0 spiro atoms. The van der Waals surface area contributed by atoms with Crippen molar-refractivity contribution in [3.05, 3.63) is 36.5 Å². The van der Waals surface area contributed by atoms with Crippen LogP contribution in [0.25, 0.3) is 0 Å². The van der Waals surface area contributed by atoms with Crippen molar-refractivity contribution in [2.24, 2.45) is 0 Å². The molecule has 6 heteroatoms. The molecular formula is C53H96O6. The molecule has 59 heavy (non-hydrogen) atoms. The molecule has 0 bridgehead atoms. The first-order valence-corrected chi connectivity index (χ1v) is 25.5. The van der Waals surface area contributed by atoms with E-state index in [0.29, 0.717) is 19.3 Å². The van der Waals surface area contributed by atoms with Gasteiger partial charge in [0.25, 0.3) is 0 Å². The van der Waals surface area contributed by atoms with E-state index in [1.165, 1.54) is 141 Å². The molecule has 0 radical (unpaired) electrons. The van der Waals surface area contributed by atoms with Crippen LogP contribution in [-0.4, -0.2) is 37.2 Å². The summed E-state index contributed by atoms with van der Waals surface area (Å²) in [7, 11) is 0. The van der Waals surface area contributed by atoms with Gasteiger partial charge in [-0.3, -0.25) is 14.4 Å². The molecule has 344 valence electrons. The van der Waals surface area contributed by atoms with E-state index in [0.717, 1.165) is 83.5 Å². The Hall–Kier alpha value is -2.37. The van der Waals surface area contributed by atoms with Gasteiger partial charge in [0.2, 0.25) is 0 Å². The molecular weight excluding hydrogens is 733 g/mol. The molecule has 0 aromatic heterocycles. The Bertz CT molecular complexity index is 1000. The lowest BCUT2D eigenvalue weighted by Crippen LogP contribution is -2.30. The zero-order valence-corrected chi connectivity index (χ0v) is 39.3. The highest BCUT2D eigenvalue weighted by molar-refractivity contribution is 5.71. The third kappa shape index (κ3) is 46.5. The van der Waals surface area contributed by atoms with Gasteiger partial charge < -0.3 is 14.2 Å². The topological polar surface area (TPSA) is 78.9 Å². The van der Waals surface area contributed by atoms with Crippen LogP contribution in [0.2, 0.25) is 0 Å². The second-order valence-electron chi connectivity index (χ2n) is 17.1. The molecule has 0 amide bonds.